The molecule has 15 heavy (non-hydrogen) atoms. The molecule has 0 aliphatic heterocycles. The van der Waals surface area contributed by atoms with E-state index in [2.05, 4.69) is 0 Å². The largest absolute Gasteiger partial charge is 0.382 e. The van der Waals surface area contributed by atoms with Crippen LogP contribution in [0.5, 0.6) is 0 Å². The summed E-state index contributed by atoms with van der Waals surface area (Å²) in [6.07, 6.45) is 2.21. The van der Waals surface area contributed by atoms with E-state index in [4.69, 9.17) is 10.5 Å². The van der Waals surface area contributed by atoms with Gasteiger partial charge in [0.25, 0.3) is 0 Å². The minimum Gasteiger partial charge on any atom is -0.382 e. The second-order valence-electron chi connectivity index (χ2n) is 3.73. The number of nitrogens with zero attached hydrogens (tertiary/aromatic N) is 1. The maximum atomic E-state index is 11.7. The highest BCUT2D eigenvalue weighted by molar-refractivity contribution is 5.76. The number of nitrogens with two attached hydrogens (primary N) is 1. The molecule has 0 fully saturated rings. The molecule has 0 aromatic carbocycles. The van der Waals surface area contributed by atoms with E-state index in [0.717, 1.165) is 12.8 Å². The minimum atomic E-state index is 0.177. The number of carbonyl (C=O) groups excluding carboxylic acids is 1. The zero-order valence-electron chi connectivity index (χ0n) is 10.2. The van der Waals surface area contributed by atoms with Crippen LogP contribution in [-0.4, -0.2) is 43.7 Å². The maximum Gasteiger partial charge on any atom is 0.222 e. The van der Waals surface area contributed by atoms with Crippen LogP contribution in [0.3, 0.4) is 0 Å². The van der Waals surface area contributed by atoms with Crippen LogP contribution in [0.15, 0.2) is 0 Å². The molecule has 1 unspecified atom stereocenters. The van der Waals surface area contributed by atoms with Crippen LogP contribution in [0.25, 0.3) is 0 Å². The third-order valence-electron chi connectivity index (χ3n) is 2.52. The topological polar surface area (TPSA) is 55.6 Å². The molecule has 0 heterocycles. The molecule has 1 atom stereocenters. The molecule has 0 bridgehead atoms. The molecule has 4 nitrogen and oxygen atoms in total. The lowest BCUT2D eigenvalue weighted by Crippen LogP contribution is -2.36. The second kappa shape index (κ2) is 8.68. The number of hydrogen-bond acceptors (Lipinski definition) is 3. The lowest BCUT2D eigenvalue weighted by atomic mass is 10.2. The Morgan fingerprint density at radius 2 is 2.20 bits per heavy atom. The van der Waals surface area contributed by atoms with Gasteiger partial charge >= 0.3 is 0 Å². The van der Waals surface area contributed by atoms with E-state index in [9.17, 15) is 4.79 Å². The monoisotopic (exact) mass is 216 g/mol. The van der Waals surface area contributed by atoms with E-state index in [1.165, 1.54) is 0 Å². The summed E-state index contributed by atoms with van der Waals surface area (Å²) >= 11 is 0. The molecule has 0 saturated carbocycles. The lowest BCUT2D eigenvalue weighted by Gasteiger charge is -2.24. The lowest BCUT2D eigenvalue weighted by molar-refractivity contribution is -0.132. The van der Waals surface area contributed by atoms with E-state index in [0.29, 0.717) is 26.2 Å². The van der Waals surface area contributed by atoms with Gasteiger partial charge in [-0.2, -0.15) is 0 Å². The van der Waals surface area contributed by atoms with Crippen LogP contribution in [-0.2, 0) is 9.53 Å². The van der Waals surface area contributed by atoms with Gasteiger partial charge in [0.2, 0.25) is 5.91 Å². The molecule has 0 aromatic heterocycles. The number of ether oxygens (including phenoxy) is 1. The first kappa shape index (κ1) is 14.4. The summed E-state index contributed by atoms with van der Waals surface area (Å²) in [5, 5.41) is 0. The van der Waals surface area contributed by atoms with Crippen molar-refractivity contribution in [3.63, 3.8) is 0 Å². The summed E-state index contributed by atoms with van der Waals surface area (Å²) in [6, 6.07) is 0.231. The van der Waals surface area contributed by atoms with Crippen LogP contribution in [0.2, 0.25) is 0 Å². The Labute approximate surface area is 92.8 Å². The van der Waals surface area contributed by atoms with E-state index in [-0.39, 0.29) is 11.9 Å². The quantitative estimate of drug-likeness (QED) is 0.616. The minimum absolute atomic E-state index is 0.177. The summed E-state index contributed by atoms with van der Waals surface area (Å²) in [5.74, 6) is 0.177. The van der Waals surface area contributed by atoms with E-state index >= 15 is 0 Å². The van der Waals surface area contributed by atoms with Gasteiger partial charge in [0.05, 0.1) is 0 Å². The van der Waals surface area contributed by atoms with Gasteiger partial charge in [-0.25, -0.2) is 0 Å². The maximum absolute atomic E-state index is 11.7. The van der Waals surface area contributed by atoms with Gasteiger partial charge < -0.3 is 15.4 Å². The Morgan fingerprint density at radius 3 is 2.73 bits per heavy atom. The summed E-state index contributed by atoms with van der Waals surface area (Å²) < 4.78 is 5.18. The Kier molecular flexibility index (Phi) is 8.33. The number of rotatable bonds is 8. The normalized spacial score (nSPS) is 12.5. The van der Waals surface area contributed by atoms with Gasteiger partial charge in [0.1, 0.15) is 0 Å². The van der Waals surface area contributed by atoms with Gasteiger partial charge in [0, 0.05) is 32.7 Å². The summed E-state index contributed by atoms with van der Waals surface area (Å²) in [4.78, 5) is 13.4. The molecule has 90 valence electrons. The van der Waals surface area contributed by atoms with Crippen molar-refractivity contribution in [2.24, 2.45) is 5.73 Å². The summed E-state index contributed by atoms with van der Waals surface area (Å²) in [5.41, 5.74) is 5.45. The molecular formula is C11H24N2O2. The molecular weight excluding hydrogens is 192 g/mol. The van der Waals surface area contributed by atoms with Crippen molar-refractivity contribution in [1.82, 2.24) is 4.90 Å². The highest BCUT2D eigenvalue weighted by atomic mass is 16.5. The van der Waals surface area contributed by atoms with Crippen molar-refractivity contribution in [2.45, 2.75) is 39.2 Å². The third kappa shape index (κ3) is 6.47. The fraction of sp³-hybridized carbons (Fsp3) is 0.909. The fourth-order valence-electron chi connectivity index (χ4n) is 1.33. The fourth-order valence-corrected chi connectivity index (χ4v) is 1.33. The van der Waals surface area contributed by atoms with Crippen molar-refractivity contribution in [3.8, 4) is 0 Å². The van der Waals surface area contributed by atoms with Gasteiger partial charge in [-0.1, -0.05) is 0 Å². The van der Waals surface area contributed by atoms with E-state index < -0.39 is 0 Å². The Hall–Kier alpha value is -0.610. The van der Waals surface area contributed by atoms with Gasteiger partial charge in [-0.3, -0.25) is 4.79 Å². The Bertz CT molecular complexity index is 174. The first-order valence-corrected chi connectivity index (χ1v) is 5.67. The standard InChI is InChI=1S/C11H24N2O2/c1-4-15-9-5-6-11(14)13(3)10(2)7-8-12/h10H,4-9,12H2,1-3H3. The van der Waals surface area contributed by atoms with E-state index in [1.54, 1.807) is 4.90 Å². The van der Waals surface area contributed by atoms with Crippen LogP contribution in [0.4, 0.5) is 0 Å². The third-order valence-corrected chi connectivity index (χ3v) is 2.52. The molecule has 4 heteroatoms. The highest BCUT2D eigenvalue weighted by Crippen LogP contribution is 2.04. The molecule has 0 aromatic rings. The van der Waals surface area contributed by atoms with Crippen LogP contribution >= 0.6 is 0 Å². The van der Waals surface area contributed by atoms with Crippen LogP contribution in [0.1, 0.15) is 33.1 Å². The zero-order chi connectivity index (χ0) is 11.7. The van der Waals surface area contributed by atoms with Gasteiger partial charge in [-0.05, 0) is 33.2 Å². The SMILES string of the molecule is CCOCCCC(=O)N(C)C(C)CCN. The molecule has 0 radical (unpaired) electrons. The number of carbonyl (C=O) groups is 1. The molecule has 0 rings (SSSR count). The predicted molar refractivity (Wildman–Crippen MR) is 61.6 cm³/mol. The summed E-state index contributed by atoms with van der Waals surface area (Å²) in [6.45, 7) is 5.98. The van der Waals surface area contributed by atoms with Crippen molar-refractivity contribution in [1.29, 1.82) is 0 Å². The number of hydrogen-bond donors (Lipinski definition) is 1. The van der Waals surface area contributed by atoms with Gasteiger partial charge in [0.15, 0.2) is 0 Å². The van der Waals surface area contributed by atoms with Crippen molar-refractivity contribution in [2.75, 3.05) is 26.8 Å². The average Bonchev–Trinajstić information content (AvgIpc) is 2.23. The first-order valence-electron chi connectivity index (χ1n) is 5.67. The van der Waals surface area contributed by atoms with Crippen molar-refractivity contribution >= 4 is 5.91 Å². The highest BCUT2D eigenvalue weighted by Gasteiger charge is 2.14. The predicted octanol–water partition coefficient (Wildman–Crippen LogP) is 0.999. The first-order chi connectivity index (χ1) is 7.13. The van der Waals surface area contributed by atoms with Gasteiger partial charge in [-0.15, -0.1) is 0 Å². The van der Waals surface area contributed by atoms with Crippen LogP contribution < -0.4 is 5.73 Å². The average molecular weight is 216 g/mol. The molecule has 0 aliphatic carbocycles. The zero-order valence-corrected chi connectivity index (χ0v) is 10.2. The molecule has 2 N–H and O–H groups in total. The van der Waals surface area contributed by atoms with Crippen molar-refractivity contribution < 1.29 is 9.53 Å². The van der Waals surface area contributed by atoms with E-state index in [1.807, 2.05) is 20.9 Å². The molecule has 0 aliphatic rings. The Morgan fingerprint density at radius 1 is 1.53 bits per heavy atom. The smallest absolute Gasteiger partial charge is 0.222 e. The van der Waals surface area contributed by atoms with Crippen molar-refractivity contribution in [3.05, 3.63) is 0 Å². The summed E-state index contributed by atoms with van der Waals surface area (Å²) in [7, 11) is 1.84. The second-order valence-corrected chi connectivity index (χ2v) is 3.73. The molecule has 0 spiro atoms. The Balaban J connectivity index is 3.68. The molecule has 0 saturated heterocycles. The van der Waals surface area contributed by atoms with Crippen LogP contribution in [0, 0.1) is 0 Å². The molecule has 1 amide bonds. The number of amides is 1.